The van der Waals surface area contributed by atoms with Gasteiger partial charge in [0, 0.05) is 19.1 Å². The van der Waals surface area contributed by atoms with Crippen molar-refractivity contribution in [3.05, 3.63) is 33.8 Å². The van der Waals surface area contributed by atoms with E-state index in [1.54, 1.807) is 0 Å². The molecule has 3 nitrogen and oxygen atoms in total. The lowest BCUT2D eigenvalue weighted by molar-refractivity contribution is -0.150. The molecule has 110 valence electrons. The molecule has 1 aromatic rings. The summed E-state index contributed by atoms with van der Waals surface area (Å²) < 4.78 is 5.29. The lowest BCUT2D eigenvalue weighted by atomic mass is 9.86. The number of rotatable bonds is 6. The van der Waals surface area contributed by atoms with Crippen LogP contribution in [0.25, 0.3) is 0 Å². The highest BCUT2D eigenvalue weighted by Gasteiger charge is 2.42. The first kappa shape index (κ1) is 14.6. The molecule has 3 rings (SSSR count). The van der Waals surface area contributed by atoms with E-state index in [-0.39, 0.29) is 12.0 Å². The van der Waals surface area contributed by atoms with Crippen LogP contribution < -0.4 is 0 Å². The number of halogens is 2. The highest BCUT2D eigenvalue weighted by atomic mass is 35.5. The average Bonchev–Trinajstić information content (AvgIpc) is 3.21. The smallest absolute Gasteiger partial charge is 0.0595 e. The third-order valence-corrected chi connectivity index (χ3v) is 4.86. The molecule has 0 unspecified atom stereocenters. The monoisotopic (exact) mass is 315 g/mol. The van der Waals surface area contributed by atoms with Crippen molar-refractivity contribution in [2.45, 2.75) is 25.4 Å². The van der Waals surface area contributed by atoms with E-state index in [4.69, 9.17) is 27.9 Å². The first-order chi connectivity index (χ1) is 9.62. The number of nitrogens with zero attached hydrogens (tertiary/aromatic N) is 1. The van der Waals surface area contributed by atoms with Crippen LogP contribution >= 0.6 is 23.2 Å². The zero-order valence-corrected chi connectivity index (χ0v) is 12.8. The summed E-state index contributed by atoms with van der Waals surface area (Å²) in [6.07, 6.45) is 2.48. The van der Waals surface area contributed by atoms with Crippen molar-refractivity contribution in [3.63, 3.8) is 0 Å². The van der Waals surface area contributed by atoms with Gasteiger partial charge in [0.15, 0.2) is 0 Å². The lowest BCUT2D eigenvalue weighted by Gasteiger charge is -2.43. The Bertz CT molecular complexity index is 481. The van der Waals surface area contributed by atoms with Gasteiger partial charge < -0.3 is 9.84 Å². The summed E-state index contributed by atoms with van der Waals surface area (Å²) in [5.41, 5.74) is 1.10. The van der Waals surface area contributed by atoms with Gasteiger partial charge in [-0.25, -0.2) is 0 Å². The first-order valence-electron chi connectivity index (χ1n) is 6.98. The molecule has 1 heterocycles. The van der Waals surface area contributed by atoms with Crippen molar-refractivity contribution in [2.75, 3.05) is 26.4 Å². The molecule has 2 aliphatic rings. The van der Waals surface area contributed by atoms with Gasteiger partial charge in [0.25, 0.3) is 0 Å². The predicted octanol–water partition coefficient (Wildman–Crippen LogP) is 2.97. The molecule has 1 aliphatic heterocycles. The van der Waals surface area contributed by atoms with Crippen molar-refractivity contribution in [1.82, 2.24) is 4.90 Å². The molecule has 1 saturated carbocycles. The van der Waals surface area contributed by atoms with Gasteiger partial charge in [-0.2, -0.15) is 0 Å². The summed E-state index contributed by atoms with van der Waals surface area (Å²) in [7, 11) is 0. The summed E-state index contributed by atoms with van der Waals surface area (Å²) >= 11 is 12.0. The van der Waals surface area contributed by atoms with Crippen LogP contribution in [0.3, 0.4) is 0 Å². The van der Waals surface area contributed by atoms with E-state index in [0.29, 0.717) is 29.3 Å². The second-order valence-electron chi connectivity index (χ2n) is 6.04. The topological polar surface area (TPSA) is 32.7 Å². The van der Waals surface area contributed by atoms with E-state index in [1.165, 1.54) is 18.4 Å². The van der Waals surface area contributed by atoms with Crippen molar-refractivity contribution >= 4 is 23.2 Å². The Hall–Kier alpha value is -0.320. The largest absolute Gasteiger partial charge is 0.396 e. The van der Waals surface area contributed by atoms with Crippen LogP contribution in [0.4, 0.5) is 0 Å². The second-order valence-corrected chi connectivity index (χ2v) is 6.85. The fourth-order valence-corrected chi connectivity index (χ4v) is 3.00. The Morgan fingerprint density at radius 1 is 1.25 bits per heavy atom. The van der Waals surface area contributed by atoms with E-state index in [0.717, 1.165) is 13.1 Å². The fraction of sp³-hybridized carbons (Fsp3) is 0.600. The number of aliphatic hydroxyl groups is 1. The minimum Gasteiger partial charge on any atom is -0.396 e. The predicted molar refractivity (Wildman–Crippen MR) is 80.2 cm³/mol. The van der Waals surface area contributed by atoms with Crippen molar-refractivity contribution < 1.29 is 9.84 Å². The highest BCUT2D eigenvalue weighted by Crippen LogP contribution is 2.35. The van der Waals surface area contributed by atoms with Gasteiger partial charge in [-0.1, -0.05) is 29.3 Å². The second kappa shape index (κ2) is 5.82. The molecule has 0 amide bonds. The van der Waals surface area contributed by atoms with Gasteiger partial charge in [-0.3, -0.25) is 4.90 Å². The molecule has 1 aliphatic carbocycles. The Kier molecular flexibility index (Phi) is 4.25. The Balaban J connectivity index is 1.69. The van der Waals surface area contributed by atoms with Crippen LogP contribution in [0.5, 0.6) is 0 Å². The van der Waals surface area contributed by atoms with Crippen LogP contribution in [0.2, 0.25) is 10.0 Å². The summed E-state index contributed by atoms with van der Waals surface area (Å²) in [6, 6.07) is 6.43. The first-order valence-corrected chi connectivity index (χ1v) is 7.74. The summed E-state index contributed by atoms with van der Waals surface area (Å²) in [5.74, 6) is 0. The van der Waals surface area contributed by atoms with E-state index >= 15 is 0 Å². The molecule has 0 bridgehead atoms. The molecule has 0 spiro atoms. The van der Waals surface area contributed by atoms with E-state index in [2.05, 4.69) is 4.90 Å². The van der Waals surface area contributed by atoms with Crippen molar-refractivity contribution in [1.29, 1.82) is 0 Å². The minimum atomic E-state index is -0.0706. The quantitative estimate of drug-likeness (QED) is 0.876. The van der Waals surface area contributed by atoms with Crippen LogP contribution in [0.15, 0.2) is 18.2 Å². The molecule has 0 radical (unpaired) electrons. The maximum Gasteiger partial charge on any atom is 0.0595 e. The zero-order valence-electron chi connectivity index (χ0n) is 11.3. The van der Waals surface area contributed by atoms with Gasteiger partial charge in [-0.15, -0.1) is 0 Å². The van der Waals surface area contributed by atoms with Gasteiger partial charge >= 0.3 is 0 Å². The molecule has 0 aromatic heterocycles. The third-order valence-electron chi connectivity index (χ3n) is 4.12. The van der Waals surface area contributed by atoms with Crippen LogP contribution in [-0.4, -0.2) is 42.4 Å². The van der Waals surface area contributed by atoms with Gasteiger partial charge in [0.05, 0.1) is 35.3 Å². The number of hydrogen-bond acceptors (Lipinski definition) is 3. The molecule has 0 atom stereocenters. The number of hydrogen-bond donors (Lipinski definition) is 1. The average molecular weight is 316 g/mol. The van der Waals surface area contributed by atoms with Crippen LogP contribution in [-0.2, 0) is 11.3 Å². The Morgan fingerprint density at radius 3 is 2.50 bits per heavy atom. The molecule has 1 N–H and O–H groups in total. The molecule has 20 heavy (non-hydrogen) atoms. The summed E-state index contributed by atoms with van der Waals surface area (Å²) in [6.45, 7) is 3.25. The third kappa shape index (κ3) is 3.12. The normalized spacial score (nSPS) is 21.0. The van der Waals surface area contributed by atoms with Crippen molar-refractivity contribution in [3.8, 4) is 0 Å². The fourth-order valence-electron chi connectivity index (χ4n) is 2.68. The van der Waals surface area contributed by atoms with E-state index < -0.39 is 0 Å². The summed E-state index contributed by atoms with van der Waals surface area (Å²) in [4.78, 5) is 2.44. The van der Waals surface area contributed by atoms with Gasteiger partial charge in [0.2, 0.25) is 0 Å². The Labute approximate surface area is 129 Å². The molecular formula is C15H19Cl2NO2. The SMILES string of the molecule is OCC1(CN(Cc2ccc(Cl)c(Cl)c2)C2CC2)COC1. The molecule has 2 fully saturated rings. The molecule has 1 saturated heterocycles. The van der Waals surface area contributed by atoms with Crippen LogP contribution in [0.1, 0.15) is 18.4 Å². The van der Waals surface area contributed by atoms with E-state index in [9.17, 15) is 5.11 Å². The molecule has 1 aromatic carbocycles. The minimum absolute atomic E-state index is 0.0706. The van der Waals surface area contributed by atoms with Crippen molar-refractivity contribution in [2.24, 2.45) is 5.41 Å². The van der Waals surface area contributed by atoms with Gasteiger partial charge in [-0.05, 0) is 30.5 Å². The lowest BCUT2D eigenvalue weighted by Crippen LogP contribution is -2.53. The number of aliphatic hydroxyl groups excluding tert-OH is 1. The Morgan fingerprint density at radius 2 is 2.00 bits per heavy atom. The summed E-state index contributed by atoms with van der Waals surface area (Å²) in [5, 5.41) is 10.8. The van der Waals surface area contributed by atoms with E-state index in [1.807, 2.05) is 18.2 Å². The maximum absolute atomic E-state index is 9.59. The standard InChI is InChI=1S/C15H19Cl2NO2/c16-13-4-1-11(5-14(13)17)6-18(12-2-3-12)7-15(8-19)9-20-10-15/h1,4-5,12,19H,2-3,6-10H2. The number of ether oxygens (including phenoxy) is 1. The van der Waals surface area contributed by atoms with Crippen LogP contribution in [0, 0.1) is 5.41 Å². The highest BCUT2D eigenvalue weighted by molar-refractivity contribution is 6.42. The zero-order chi connectivity index (χ0) is 14.2. The number of benzene rings is 1. The van der Waals surface area contributed by atoms with Gasteiger partial charge in [0.1, 0.15) is 0 Å². The maximum atomic E-state index is 9.59. The molecule has 5 heteroatoms. The molecular weight excluding hydrogens is 297 g/mol.